The molecule has 0 saturated heterocycles. The summed E-state index contributed by atoms with van der Waals surface area (Å²) in [6.07, 6.45) is 2.45. The van der Waals surface area contributed by atoms with Crippen molar-refractivity contribution in [2.75, 3.05) is 7.11 Å². The number of hydrogen-bond acceptors (Lipinski definition) is 5. The number of benzene rings is 2. The lowest BCUT2D eigenvalue weighted by atomic mass is 10.2. The molecule has 0 saturated carbocycles. The van der Waals surface area contributed by atoms with Crippen LogP contribution in [0.5, 0.6) is 11.5 Å². The molecule has 30 heavy (non-hydrogen) atoms. The van der Waals surface area contributed by atoms with Crippen molar-refractivity contribution in [2.45, 2.75) is 26.4 Å². The molecule has 0 aliphatic rings. The molecular formula is C21H19Br3N2O4. The zero-order chi connectivity index (χ0) is 21.8. The predicted octanol–water partition coefficient (Wildman–Crippen LogP) is 6.67. The fraction of sp³-hybridized carbons (Fsp3) is 0.238. The third-order valence-corrected chi connectivity index (χ3v) is 5.92. The first kappa shape index (κ1) is 22.8. The molecule has 3 aromatic rings. The van der Waals surface area contributed by atoms with Crippen LogP contribution in [0.2, 0.25) is 0 Å². The van der Waals surface area contributed by atoms with Crippen molar-refractivity contribution in [3.05, 3.63) is 55.1 Å². The van der Waals surface area contributed by atoms with E-state index in [2.05, 4.69) is 58.3 Å². The van der Waals surface area contributed by atoms with Crippen LogP contribution in [0.1, 0.15) is 36.4 Å². The van der Waals surface area contributed by atoms with Gasteiger partial charge < -0.3 is 13.9 Å². The third-order valence-electron chi connectivity index (χ3n) is 4.28. The van der Waals surface area contributed by atoms with E-state index in [9.17, 15) is 4.79 Å². The summed E-state index contributed by atoms with van der Waals surface area (Å²) in [5, 5.41) is 4.83. The number of furan rings is 1. The van der Waals surface area contributed by atoms with Gasteiger partial charge >= 0.3 is 5.91 Å². The van der Waals surface area contributed by atoms with E-state index in [1.165, 1.54) is 6.21 Å². The average Bonchev–Trinajstić information content (AvgIpc) is 3.14. The summed E-state index contributed by atoms with van der Waals surface area (Å²) < 4.78 is 19.4. The van der Waals surface area contributed by atoms with Crippen LogP contribution in [-0.2, 0) is 0 Å². The third kappa shape index (κ3) is 5.25. The maximum Gasteiger partial charge on any atom is 0.307 e. The molecule has 3 rings (SSSR count). The highest BCUT2D eigenvalue weighted by atomic mass is 79.9. The Labute approximate surface area is 199 Å². The van der Waals surface area contributed by atoms with Crippen molar-refractivity contribution in [1.82, 2.24) is 5.43 Å². The van der Waals surface area contributed by atoms with Gasteiger partial charge in [-0.15, -0.1) is 0 Å². The van der Waals surface area contributed by atoms with E-state index < -0.39 is 5.91 Å². The first-order chi connectivity index (χ1) is 14.3. The monoisotopic (exact) mass is 600 g/mol. The van der Waals surface area contributed by atoms with E-state index in [0.29, 0.717) is 17.1 Å². The highest BCUT2D eigenvalue weighted by molar-refractivity contribution is 9.11. The van der Waals surface area contributed by atoms with Gasteiger partial charge in [0.15, 0.2) is 17.3 Å². The zero-order valence-corrected chi connectivity index (χ0v) is 21.2. The summed E-state index contributed by atoms with van der Waals surface area (Å²) in [6, 6.07) is 9.01. The maximum atomic E-state index is 12.4. The molecule has 0 aliphatic heterocycles. The lowest BCUT2D eigenvalue weighted by Crippen LogP contribution is -2.16. The second-order valence-electron chi connectivity index (χ2n) is 6.49. The number of nitrogens with zero attached hydrogens (tertiary/aromatic N) is 1. The second kappa shape index (κ2) is 9.98. The molecule has 1 N–H and O–H groups in total. The predicted molar refractivity (Wildman–Crippen MR) is 128 cm³/mol. The molecule has 0 aliphatic carbocycles. The van der Waals surface area contributed by atoms with Gasteiger partial charge in [-0.05, 0) is 81.1 Å². The quantitative estimate of drug-likeness (QED) is 0.242. The van der Waals surface area contributed by atoms with Crippen LogP contribution in [0.4, 0.5) is 0 Å². The van der Waals surface area contributed by atoms with E-state index in [-0.39, 0.29) is 11.9 Å². The van der Waals surface area contributed by atoms with Crippen LogP contribution >= 0.6 is 47.8 Å². The molecule has 1 atom stereocenters. The number of hydrogen-bond donors (Lipinski definition) is 1. The molecule has 1 heterocycles. The van der Waals surface area contributed by atoms with Gasteiger partial charge in [-0.2, -0.15) is 5.10 Å². The molecule has 0 fully saturated rings. The van der Waals surface area contributed by atoms with E-state index in [1.807, 2.05) is 32.0 Å². The Morgan fingerprint density at radius 3 is 2.67 bits per heavy atom. The van der Waals surface area contributed by atoms with Crippen LogP contribution in [0, 0.1) is 0 Å². The lowest BCUT2D eigenvalue weighted by Gasteiger charge is -2.17. The Kier molecular flexibility index (Phi) is 7.60. The van der Waals surface area contributed by atoms with Crippen molar-refractivity contribution < 1.29 is 18.7 Å². The van der Waals surface area contributed by atoms with Crippen LogP contribution in [-0.4, -0.2) is 25.3 Å². The number of ether oxygens (including phenoxy) is 2. The Bertz CT molecular complexity index is 1110. The molecule has 0 radical (unpaired) electrons. The summed E-state index contributed by atoms with van der Waals surface area (Å²) in [5.74, 6) is 0.919. The highest BCUT2D eigenvalue weighted by Gasteiger charge is 2.15. The molecule has 0 spiro atoms. The normalized spacial score (nSPS) is 12.3. The SMILES string of the molecule is CCC(C)Oc1c(Br)cc(/C=N\NC(=O)c2cc3cc(Br)cc(Br)c3o2)cc1OC. The number of halogens is 3. The summed E-state index contributed by atoms with van der Waals surface area (Å²) in [4.78, 5) is 12.4. The van der Waals surface area contributed by atoms with Crippen LogP contribution < -0.4 is 14.9 Å². The fourth-order valence-electron chi connectivity index (χ4n) is 2.62. The minimum absolute atomic E-state index is 0.0541. The molecule has 6 nitrogen and oxygen atoms in total. The minimum Gasteiger partial charge on any atom is -0.493 e. The Morgan fingerprint density at radius 2 is 1.97 bits per heavy atom. The zero-order valence-electron chi connectivity index (χ0n) is 16.5. The van der Waals surface area contributed by atoms with Crippen LogP contribution in [0.25, 0.3) is 11.0 Å². The van der Waals surface area contributed by atoms with Gasteiger partial charge in [0.2, 0.25) is 0 Å². The van der Waals surface area contributed by atoms with Gasteiger partial charge in [-0.25, -0.2) is 5.43 Å². The second-order valence-corrected chi connectivity index (χ2v) is 9.11. The van der Waals surface area contributed by atoms with Gasteiger partial charge in [-0.3, -0.25) is 4.79 Å². The van der Waals surface area contributed by atoms with Gasteiger partial charge in [-0.1, -0.05) is 22.9 Å². The van der Waals surface area contributed by atoms with Crippen molar-refractivity contribution in [2.24, 2.45) is 5.10 Å². The molecule has 2 aromatic carbocycles. The van der Waals surface area contributed by atoms with Gasteiger partial charge in [0.25, 0.3) is 0 Å². The van der Waals surface area contributed by atoms with Gasteiger partial charge in [0.1, 0.15) is 5.58 Å². The summed E-state index contributed by atoms with van der Waals surface area (Å²) >= 11 is 10.4. The molecule has 9 heteroatoms. The van der Waals surface area contributed by atoms with Crippen molar-refractivity contribution in [3.63, 3.8) is 0 Å². The molecule has 1 aromatic heterocycles. The number of methoxy groups -OCH3 is 1. The Balaban J connectivity index is 1.75. The van der Waals surface area contributed by atoms with Crippen LogP contribution in [0.3, 0.4) is 0 Å². The lowest BCUT2D eigenvalue weighted by molar-refractivity contribution is 0.0929. The number of amides is 1. The highest BCUT2D eigenvalue weighted by Crippen LogP contribution is 2.37. The number of carbonyl (C=O) groups is 1. The standard InChI is InChI=1S/C21H19Br3N2O4/c1-4-11(2)29-20-15(23)5-12(6-17(20)28-3)10-25-26-21(27)18-8-13-7-14(22)9-16(24)19(13)30-18/h5-11H,4H2,1-3H3,(H,26,27)/b25-10-. The number of carbonyl (C=O) groups excluding carboxylic acids is 1. The number of nitrogens with one attached hydrogen (secondary N) is 1. The van der Waals surface area contributed by atoms with E-state index in [4.69, 9.17) is 13.9 Å². The molecular weight excluding hydrogens is 584 g/mol. The topological polar surface area (TPSA) is 73.1 Å². The van der Waals surface area contributed by atoms with Gasteiger partial charge in [0.05, 0.1) is 28.4 Å². The van der Waals surface area contributed by atoms with Crippen molar-refractivity contribution >= 4 is 70.9 Å². The number of rotatable bonds is 7. The molecule has 0 bridgehead atoms. The summed E-state index contributed by atoms with van der Waals surface area (Å²) in [5.41, 5.74) is 3.80. The Hall–Kier alpha value is -1.84. The van der Waals surface area contributed by atoms with E-state index in [0.717, 1.165) is 30.8 Å². The smallest absolute Gasteiger partial charge is 0.307 e. The number of hydrazone groups is 1. The van der Waals surface area contributed by atoms with Crippen molar-refractivity contribution in [3.8, 4) is 11.5 Å². The van der Waals surface area contributed by atoms with Crippen LogP contribution in [0.15, 0.2) is 53.3 Å². The maximum absolute atomic E-state index is 12.4. The van der Waals surface area contributed by atoms with E-state index >= 15 is 0 Å². The fourth-order valence-corrected chi connectivity index (χ4v) is 4.51. The van der Waals surface area contributed by atoms with Crippen molar-refractivity contribution in [1.29, 1.82) is 0 Å². The largest absolute Gasteiger partial charge is 0.493 e. The first-order valence-corrected chi connectivity index (χ1v) is 11.5. The molecule has 1 amide bonds. The minimum atomic E-state index is -0.451. The first-order valence-electron chi connectivity index (χ1n) is 9.08. The summed E-state index contributed by atoms with van der Waals surface area (Å²) in [6.45, 7) is 4.04. The average molecular weight is 603 g/mol. The number of fused-ring (bicyclic) bond motifs is 1. The molecule has 158 valence electrons. The van der Waals surface area contributed by atoms with E-state index in [1.54, 1.807) is 19.2 Å². The Morgan fingerprint density at radius 1 is 1.20 bits per heavy atom. The summed E-state index contributed by atoms with van der Waals surface area (Å²) in [7, 11) is 1.58. The van der Waals surface area contributed by atoms with Gasteiger partial charge in [0, 0.05) is 9.86 Å². The molecule has 1 unspecified atom stereocenters.